The van der Waals surface area contributed by atoms with Gasteiger partial charge in [-0.05, 0) is 12.8 Å². The van der Waals surface area contributed by atoms with Crippen molar-refractivity contribution in [2.24, 2.45) is 0 Å². The van der Waals surface area contributed by atoms with E-state index >= 15 is 0 Å². The Kier molecular flexibility index (Phi) is 2.45. The van der Waals surface area contributed by atoms with Crippen molar-refractivity contribution >= 4 is 9.84 Å². The summed E-state index contributed by atoms with van der Waals surface area (Å²) in [7, 11) is -2.92. The molecular weight excluding hydrogens is 206 g/mol. The molecule has 0 spiro atoms. The molecule has 0 radical (unpaired) electrons. The summed E-state index contributed by atoms with van der Waals surface area (Å²) in [6, 6.07) is 0. The topological polar surface area (TPSA) is 69.4 Å². The molecule has 14 heavy (non-hydrogen) atoms. The van der Waals surface area contributed by atoms with Gasteiger partial charge in [0.15, 0.2) is 21.8 Å². The molecule has 0 bridgehead atoms. The van der Waals surface area contributed by atoms with Gasteiger partial charge in [0.25, 0.3) is 0 Å². The molecule has 78 valence electrons. The molecule has 0 amide bonds. The van der Waals surface area contributed by atoms with Crippen LogP contribution in [-0.2, 0) is 9.84 Å². The Hall–Kier alpha value is -1.04. The Bertz CT molecular complexity index is 383. The quantitative estimate of drug-likeness (QED) is 0.742. The molecule has 1 saturated heterocycles. The zero-order valence-electron chi connectivity index (χ0n) is 7.55. The number of nitrogens with zero attached hydrogens (tertiary/aromatic N) is 1. The Morgan fingerprint density at radius 3 is 3.07 bits per heavy atom. The summed E-state index contributed by atoms with van der Waals surface area (Å²) in [5.41, 5.74) is 0. The van der Waals surface area contributed by atoms with Crippen LogP contribution in [0.4, 0.5) is 0 Å². The predicted molar refractivity (Wildman–Crippen MR) is 48.8 cm³/mol. The van der Waals surface area contributed by atoms with Gasteiger partial charge in [-0.15, -0.1) is 0 Å². The lowest BCUT2D eigenvalue weighted by molar-refractivity contribution is 0.306. The normalized spacial score (nSPS) is 25.0. The van der Waals surface area contributed by atoms with E-state index in [4.69, 9.17) is 4.74 Å². The first kappa shape index (κ1) is 9.51. The lowest BCUT2D eigenvalue weighted by atomic mass is 10.3. The monoisotopic (exact) mass is 217 g/mol. The van der Waals surface area contributed by atoms with Crippen molar-refractivity contribution in [3.05, 3.63) is 12.5 Å². The van der Waals surface area contributed by atoms with E-state index in [9.17, 15) is 8.42 Å². The molecular formula is C8H11NO4S. The Morgan fingerprint density at radius 2 is 2.50 bits per heavy atom. The van der Waals surface area contributed by atoms with Gasteiger partial charge in [0.2, 0.25) is 0 Å². The maximum absolute atomic E-state index is 11.4. The van der Waals surface area contributed by atoms with Gasteiger partial charge < -0.3 is 9.26 Å². The van der Waals surface area contributed by atoms with Gasteiger partial charge >= 0.3 is 0 Å². The number of rotatable bonds is 3. The van der Waals surface area contributed by atoms with E-state index in [-0.39, 0.29) is 17.6 Å². The van der Waals surface area contributed by atoms with Crippen LogP contribution < -0.4 is 4.74 Å². The number of ether oxygens (including phenoxy) is 1. The van der Waals surface area contributed by atoms with Gasteiger partial charge in [0.05, 0.1) is 11.0 Å². The van der Waals surface area contributed by atoms with E-state index < -0.39 is 9.84 Å². The van der Waals surface area contributed by atoms with Gasteiger partial charge in [0, 0.05) is 0 Å². The van der Waals surface area contributed by atoms with Crippen molar-refractivity contribution < 1.29 is 17.7 Å². The molecule has 5 nitrogen and oxygen atoms in total. The molecule has 0 aromatic carbocycles. The van der Waals surface area contributed by atoms with Crippen molar-refractivity contribution in [1.82, 2.24) is 5.16 Å². The average molecular weight is 217 g/mol. The first-order valence-electron chi connectivity index (χ1n) is 4.42. The van der Waals surface area contributed by atoms with Crippen molar-refractivity contribution in [2.45, 2.75) is 18.1 Å². The minimum atomic E-state index is -2.92. The van der Waals surface area contributed by atoms with Crippen LogP contribution >= 0.6 is 0 Å². The van der Waals surface area contributed by atoms with Gasteiger partial charge in [-0.25, -0.2) is 8.42 Å². The van der Waals surface area contributed by atoms with Crippen LogP contribution in [0.2, 0.25) is 0 Å². The van der Waals surface area contributed by atoms with Crippen molar-refractivity contribution in [3.8, 4) is 5.75 Å². The highest BCUT2D eigenvalue weighted by Crippen LogP contribution is 2.21. The molecule has 1 atom stereocenters. The van der Waals surface area contributed by atoms with E-state index in [0.717, 1.165) is 6.42 Å². The van der Waals surface area contributed by atoms with Gasteiger partial charge in [-0.1, -0.05) is 5.16 Å². The first-order valence-corrected chi connectivity index (χ1v) is 6.14. The van der Waals surface area contributed by atoms with E-state index in [1.54, 1.807) is 0 Å². The lowest BCUT2D eigenvalue weighted by Crippen LogP contribution is -2.23. The second kappa shape index (κ2) is 3.61. The summed E-state index contributed by atoms with van der Waals surface area (Å²) in [5.74, 6) is 0.761. The molecule has 0 saturated carbocycles. The van der Waals surface area contributed by atoms with E-state index in [1.165, 1.54) is 12.5 Å². The molecule has 6 heteroatoms. The van der Waals surface area contributed by atoms with Crippen LogP contribution in [0.1, 0.15) is 12.8 Å². The highest BCUT2D eigenvalue weighted by molar-refractivity contribution is 7.92. The van der Waals surface area contributed by atoms with E-state index in [0.29, 0.717) is 12.2 Å². The molecule has 1 aromatic rings. The van der Waals surface area contributed by atoms with Gasteiger partial charge in [0.1, 0.15) is 12.8 Å². The second-order valence-corrected chi connectivity index (χ2v) is 5.70. The van der Waals surface area contributed by atoms with E-state index in [2.05, 4.69) is 9.68 Å². The number of sulfone groups is 1. The summed E-state index contributed by atoms with van der Waals surface area (Å²) in [4.78, 5) is 0. The number of hydrogen-bond acceptors (Lipinski definition) is 5. The Balaban J connectivity index is 1.93. The summed E-state index contributed by atoms with van der Waals surface area (Å²) >= 11 is 0. The van der Waals surface area contributed by atoms with Crippen LogP contribution in [0.5, 0.6) is 5.75 Å². The highest BCUT2D eigenvalue weighted by Gasteiger charge is 2.31. The summed E-state index contributed by atoms with van der Waals surface area (Å²) in [6.07, 6.45) is 4.19. The van der Waals surface area contributed by atoms with Crippen LogP contribution in [0.25, 0.3) is 0 Å². The van der Waals surface area contributed by atoms with Crippen molar-refractivity contribution in [1.29, 1.82) is 0 Å². The third-order valence-corrected chi connectivity index (χ3v) is 4.55. The Labute approximate surface area is 82.0 Å². The largest absolute Gasteiger partial charge is 0.487 e. The zero-order chi connectivity index (χ0) is 10.0. The number of aromatic nitrogens is 1. The molecule has 1 aliphatic heterocycles. The van der Waals surface area contributed by atoms with Crippen LogP contribution in [0, 0.1) is 0 Å². The molecule has 0 aliphatic carbocycles. The average Bonchev–Trinajstić information content (AvgIpc) is 2.71. The fraction of sp³-hybridized carbons (Fsp3) is 0.625. The maximum Gasteiger partial charge on any atom is 0.178 e. The Morgan fingerprint density at radius 1 is 1.64 bits per heavy atom. The van der Waals surface area contributed by atoms with Crippen LogP contribution in [0.3, 0.4) is 0 Å². The van der Waals surface area contributed by atoms with Crippen molar-refractivity contribution in [2.75, 3.05) is 12.4 Å². The predicted octanol–water partition coefficient (Wildman–Crippen LogP) is 0.631. The third kappa shape index (κ3) is 1.89. The van der Waals surface area contributed by atoms with Crippen LogP contribution in [0.15, 0.2) is 17.0 Å². The van der Waals surface area contributed by atoms with Gasteiger partial charge in [-0.3, -0.25) is 0 Å². The van der Waals surface area contributed by atoms with Crippen molar-refractivity contribution in [3.63, 3.8) is 0 Å². The molecule has 1 aliphatic rings. The minimum absolute atomic E-state index is 0.198. The zero-order valence-corrected chi connectivity index (χ0v) is 8.37. The molecule has 2 heterocycles. The molecule has 1 aromatic heterocycles. The summed E-state index contributed by atoms with van der Waals surface area (Å²) in [6.45, 7) is 0.198. The highest BCUT2D eigenvalue weighted by atomic mass is 32.2. The number of hydrogen-bond donors (Lipinski definition) is 0. The van der Waals surface area contributed by atoms with Crippen LogP contribution in [-0.4, -0.2) is 31.2 Å². The minimum Gasteiger partial charge on any atom is -0.487 e. The van der Waals surface area contributed by atoms with E-state index in [1.807, 2.05) is 0 Å². The second-order valence-electron chi connectivity index (χ2n) is 3.30. The third-order valence-electron chi connectivity index (χ3n) is 2.31. The van der Waals surface area contributed by atoms with Gasteiger partial charge in [-0.2, -0.15) is 0 Å². The maximum atomic E-state index is 11.4. The molecule has 1 unspecified atom stereocenters. The molecule has 2 rings (SSSR count). The lowest BCUT2D eigenvalue weighted by Gasteiger charge is -2.08. The fourth-order valence-corrected chi connectivity index (χ4v) is 3.20. The summed E-state index contributed by atoms with van der Waals surface area (Å²) in [5, 5.41) is 3.09. The molecule has 1 fully saturated rings. The SMILES string of the molecule is O=S1(=O)CCCC1COc1cnoc1. The fourth-order valence-electron chi connectivity index (χ4n) is 1.50. The summed E-state index contributed by atoms with van der Waals surface area (Å²) < 4.78 is 32.6. The molecule has 0 N–H and O–H groups in total. The smallest absolute Gasteiger partial charge is 0.178 e. The standard InChI is InChI=1S/C8H11NO4S/c10-14(11)3-1-2-8(14)6-12-7-4-9-13-5-7/h4-5,8H,1-3,6H2. The first-order chi connectivity index (χ1) is 6.68.